The molecule has 0 aromatic heterocycles. The molecule has 7 nitrogen and oxygen atoms in total. The molecule has 2 aromatic rings. The van der Waals surface area contributed by atoms with Gasteiger partial charge in [0.05, 0.1) is 12.8 Å². The summed E-state index contributed by atoms with van der Waals surface area (Å²) in [6, 6.07) is 9.77. The van der Waals surface area contributed by atoms with Crippen molar-refractivity contribution >= 4 is 45.6 Å². The maximum atomic E-state index is 13.4. The van der Waals surface area contributed by atoms with E-state index in [0.717, 1.165) is 16.6 Å². The monoisotopic (exact) mass is 450 g/mol. The van der Waals surface area contributed by atoms with E-state index in [0.29, 0.717) is 11.3 Å². The number of benzene rings is 2. The topological polar surface area (TPSA) is 93.7 Å². The Kier molecular flexibility index (Phi) is 7.70. The van der Waals surface area contributed by atoms with Crippen molar-refractivity contribution in [2.24, 2.45) is 0 Å². The molecule has 0 radical (unpaired) electrons. The summed E-state index contributed by atoms with van der Waals surface area (Å²) >= 11 is 3.31. The van der Waals surface area contributed by atoms with Crippen LogP contribution in [-0.4, -0.2) is 31.6 Å². The maximum Gasteiger partial charge on any atom is 0.331 e. The Morgan fingerprint density at radius 2 is 1.93 bits per heavy atom. The van der Waals surface area contributed by atoms with Gasteiger partial charge in [-0.1, -0.05) is 28.1 Å². The Bertz CT molecular complexity index is 917. The lowest BCUT2D eigenvalue weighted by Crippen LogP contribution is -2.37. The molecule has 0 aliphatic rings. The minimum Gasteiger partial charge on any atom is -0.496 e. The van der Waals surface area contributed by atoms with E-state index >= 15 is 0 Å². The van der Waals surface area contributed by atoms with Crippen LogP contribution in [0, 0.1) is 5.82 Å². The molecule has 3 amide bonds. The lowest BCUT2D eigenvalue weighted by Gasteiger charge is -2.07. The third-order valence-corrected chi connectivity index (χ3v) is 3.80. The number of methoxy groups -OCH3 is 1. The average molecular weight is 451 g/mol. The molecule has 0 unspecified atom stereocenters. The van der Waals surface area contributed by atoms with Crippen molar-refractivity contribution in [1.82, 2.24) is 5.32 Å². The number of hydrogen-bond donors (Lipinski definition) is 2. The summed E-state index contributed by atoms with van der Waals surface area (Å²) in [6.07, 6.45) is 2.59. The third kappa shape index (κ3) is 6.51. The number of esters is 1. The molecule has 28 heavy (non-hydrogen) atoms. The molecular weight excluding hydrogens is 435 g/mol. The highest BCUT2D eigenvalue weighted by molar-refractivity contribution is 9.10. The molecule has 0 saturated heterocycles. The van der Waals surface area contributed by atoms with Crippen molar-refractivity contribution < 1.29 is 28.2 Å². The lowest BCUT2D eigenvalue weighted by molar-refractivity contribution is -0.143. The summed E-state index contributed by atoms with van der Waals surface area (Å²) in [5, 5.41) is 4.10. The Morgan fingerprint density at radius 1 is 1.18 bits per heavy atom. The Balaban J connectivity index is 1.82. The summed E-state index contributed by atoms with van der Waals surface area (Å²) in [6.45, 7) is -0.677. The molecule has 0 heterocycles. The second-order valence-electron chi connectivity index (χ2n) is 5.31. The van der Waals surface area contributed by atoms with E-state index in [-0.39, 0.29) is 5.69 Å². The summed E-state index contributed by atoms with van der Waals surface area (Å²) in [5.41, 5.74) is 0.540. The number of para-hydroxylation sites is 1. The number of imide groups is 1. The largest absolute Gasteiger partial charge is 0.496 e. The van der Waals surface area contributed by atoms with Crippen LogP contribution in [0.1, 0.15) is 5.56 Å². The van der Waals surface area contributed by atoms with Gasteiger partial charge in [-0.2, -0.15) is 0 Å². The average Bonchev–Trinajstić information content (AvgIpc) is 2.66. The quantitative estimate of drug-likeness (QED) is 0.518. The van der Waals surface area contributed by atoms with Gasteiger partial charge in [0.2, 0.25) is 0 Å². The van der Waals surface area contributed by atoms with Gasteiger partial charge in [-0.25, -0.2) is 14.0 Å². The zero-order valence-electron chi connectivity index (χ0n) is 14.7. The van der Waals surface area contributed by atoms with Gasteiger partial charge < -0.3 is 14.8 Å². The van der Waals surface area contributed by atoms with Gasteiger partial charge in [0.15, 0.2) is 6.61 Å². The number of halogens is 2. The van der Waals surface area contributed by atoms with Gasteiger partial charge in [0.1, 0.15) is 11.6 Å². The van der Waals surface area contributed by atoms with E-state index in [4.69, 9.17) is 9.47 Å². The molecule has 0 aliphatic carbocycles. The number of urea groups is 1. The fourth-order valence-electron chi connectivity index (χ4n) is 2.06. The van der Waals surface area contributed by atoms with E-state index in [1.54, 1.807) is 18.2 Å². The fraction of sp³-hybridized carbons (Fsp3) is 0.105. The molecule has 0 atom stereocenters. The van der Waals surface area contributed by atoms with Gasteiger partial charge in [0.25, 0.3) is 5.91 Å². The van der Waals surface area contributed by atoms with E-state index < -0.39 is 30.3 Å². The molecular formula is C19H16BrFN2O5. The molecule has 0 saturated carbocycles. The maximum absolute atomic E-state index is 13.4. The highest BCUT2D eigenvalue weighted by Gasteiger charge is 2.11. The number of ether oxygens (including phenoxy) is 2. The molecule has 2 aromatic carbocycles. The molecule has 0 spiro atoms. The lowest BCUT2D eigenvalue weighted by atomic mass is 10.2. The molecule has 0 aliphatic heterocycles. The van der Waals surface area contributed by atoms with Crippen LogP contribution in [0.15, 0.2) is 53.0 Å². The summed E-state index contributed by atoms with van der Waals surface area (Å²) < 4.78 is 24.2. The minimum atomic E-state index is -0.944. The summed E-state index contributed by atoms with van der Waals surface area (Å²) in [7, 11) is 1.50. The van der Waals surface area contributed by atoms with Crippen LogP contribution < -0.4 is 15.4 Å². The van der Waals surface area contributed by atoms with Crippen LogP contribution in [0.5, 0.6) is 5.75 Å². The van der Waals surface area contributed by atoms with Crippen LogP contribution in [0.25, 0.3) is 6.08 Å². The summed E-state index contributed by atoms with van der Waals surface area (Å²) in [5.74, 6) is -1.75. The third-order valence-electron chi connectivity index (χ3n) is 3.31. The molecule has 9 heteroatoms. The number of carbonyl (C=O) groups is 3. The van der Waals surface area contributed by atoms with Crippen LogP contribution >= 0.6 is 15.9 Å². The Labute approximate surface area is 168 Å². The zero-order chi connectivity index (χ0) is 20.5. The first-order chi connectivity index (χ1) is 13.4. The highest BCUT2D eigenvalue weighted by atomic mass is 79.9. The number of nitrogens with one attached hydrogen (secondary N) is 2. The van der Waals surface area contributed by atoms with E-state index in [9.17, 15) is 18.8 Å². The van der Waals surface area contributed by atoms with Crippen LogP contribution in [0.3, 0.4) is 0 Å². The molecule has 2 rings (SSSR count). The Morgan fingerprint density at radius 3 is 2.64 bits per heavy atom. The second-order valence-corrected chi connectivity index (χ2v) is 6.23. The predicted octanol–water partition coefficient (Wildman–Crippen LogP) is 3.50. The van der Waals surface area contributed by atoms with Gasteiger partial charge in [-0.3, -0.25) is 10.1 Å². The van der Waals surface area contributed by atoms with Crippen molar-refractivity contribution in [3.05, 3.63) is 64.4 Å². The molecule has 0 fully saturated rings. The Hall–Kier alpha value is -3.20. The van der Waals surface area contributed by atoms with Gasteiger partial charge >= 0.3 is 12.0 Å². The van der Waals surface area contributed by atoms with Crippen molar-refractivity contribution in [1.29, 1.82) is 0 Å². The normalized spacial score (nSPS) is 10.4. The highest BCUT2D eigenvalue weighted by Crippen LogP contribution is 2.24. The standard InChI is InChI=1S/C19H16BrFN2O5/c1-27-16-8-7-13(20)10-12(16)6-9-18(25)28-11-17(24)23-19(26)22-15-5-3-2-4-14(15)21/h2-10H,11H2,1H3,(H2,22,23,24,26)/b9-6+. The predicted molar refractivity (Wildman–Crippen MR) is 104 cm³/mol. The minimum absolute atomic E-state index is 0.0873. The van der Waals surface area contributed by atoms with Gasteiger partial charge in [0, 0.05) is 16.1 Å². The van der Waals surface area contributed by atoms with Crippen molar-refractivity contribution in [3.63, 3.8) is 0 Å². The van der Waals surface area contributed by atoms with Crippen LogP contribution in [0.4, 0.5) is 14.9 Å². The fourth-order valence-corrected chi connectivity index (χ4v) is 2.44. The van der Waals surface area contributed by atoms with Crippen LogP contribution in [-0.2, 0) is 14.3 Å². The smallest absolute Gasteiger partial charge is 0.331 e. The van der Waals surface area contributed by atoms with E-state index in [2.05, 4.69) is 21.2 Å². The number of carbonyl (C=O) groups excluding carboxylic acids is 3. The number of hydrogen-bond acceptors (Lipinski definition) is 5. The first kappa shape index (κ1) is 21.1. The molecule has 146 valence electrons. The van der Waals surface area contributed by atoms with Crippen molar-refractivity contribution in [3.8, 4) is 5.75 Å². The van der Waals surface area contributed by atoms with Gasteiger partial charge in [-0.15, -0.1) is 0 Å². The van der Waals surface area contributed by atoms with Gasteiger partial charge in [-0.05, 0) is 36.4 Å². The van der Waals surface area contributed by atoms with E-state index in [1.165, 1.54) is 31.4 Å². The SMILES string of the molecule is COc1ccc(Br)cc1/C=C/C(=O)OCC(=O)NC(=O)Nc1ccccc1F. The molecule has 0 bridgehead atoms. The van der Waals surface area contributed by atoms with Crippen molar-refractivity contribution in [2.45, 2.75) is 0 Å². The zero-order valence-corrected chi connectivity index (χ0v) is 16.3. The number of amides is 3. The van der Waals surface area contributed by atoms with Crippen LogP contribution in [0.2, 0.25) is 0 Å². The van der Waals surface area contributed by atoms with E-state index in [1.807, 2.05) is 5.32 Å². The molecule has 2 N–H and O–H groups in total. The first-order valence-electron chi connectivity index (χ1n) is 7.93. The summed E-state index contributed by atoms with van der Waals surface area (Å²) in [4.78, 5) is 35.0. The number of anilines is 1. The second kappa shape index (κ2) is 10.2. The van der Waals surface area contributed by atoms with Crippen molar-refractivity contribution in [2.75, 3.05) is 19.0 Å². The number of rotatable bonds is 6. The first-order valence-corrected chi connectivity index (χ1v) is 8.72.